The zero-order valence-corrected chi connectivity index (χ0v) is 10.4. The summed E-state index contributed by atoms with van der Waals surface area (Å²) in [5, 5.41) is 9.21. The first kappa shape index (κ1) is 12.9. The molecule has 2 N–H and O–H groups in total. The summed E-state index contributed by atoms with van der Waals surface area (Å²) in [7, 11) is 0. The highest BCUT2D eigenvalue weighted by atomic mass is 35.5. The molecule has 1 aliphatic heterocycles. The highest BCUT2D eigenvalue weighted by molar-refractivity contribution is 6.31. The zero-order chi connectivity index (χ0) is 13.1. The van der Waals surface area contributed by atoms with E-state index in [2.05, 4.69) is 0 Å². The largest absolute Gasteiger partial charge is 0.326 e. The Balaban J connectivity index is 2.18. The molecule has 2 amide bonds. The summed E-state index contributed by atoms with van der Waals surface area (Å²) in [5.74, 6) is -0.670. The van der Waals surface area contributed by atoms with Crippen LogP contribution in [0.25, 0.3) is 0 Å². The highest BCUT2D eigenvalue weighted by Gasteiger charge is 2.36. The molecule has 96 valence electrons. The smallest absolute Gasteiger partial charge is 0.266 e. The van der Waals surface area contributed by atoms with Gasteiger partial charge in [0.2, 0.25) is 5.91 Å². The molecule has 1 aromatic rings. The minimum atomic E-state index is -0.626. The quantitative estimate of drug-likeness (QED) is 0.642. The van der Waals surface area contributed by atoms with Crippen LogP contribution in [0.2, 0.25) is 5.02 Å². The maximum Gasteiger partial charge on any atom is 0.266 e. The molecule has 2 rings (SSSR count). The summed E-state index contributed by atoms with van der Waals surface area (Å²) in [6, 6.07) is 6.54. The summed E-state index contributed by atoms with van der Waals surface area (Å²) >= 11 is 6.02. The van der Waals surface area contributed by atoms with Crippen molar-refractivity contribution in [1.29, 1.82) is 0 Å². The number of benzene rings is 1. The van der Waals surface area contributed by atoms with Crippen LogP contribution in [0.15, 0.2) is 24.3 Å². The van der Waals surface area contributed by atoms with Crippen LogP contribution in [0.1, 0.15) is 18.4 Å². The number of amides is 2. The number of hydrogen-bond acceptors (Lipinski definition) is 3. The number of rotatable bonds is 3. The van der Waals surface area contributed by atoms with Crippen molar-refractivity contribution < 1.29 is 14.8 Å². The number of carbonyl (C=O) groups excluding carboxylic acids is 2. The van der Waals surface area contributed by atoms with Crippen LogP contribution >= 0.6 is 11.6 Å². The Morgan fingerprint density at radius 3 is 2.89 bits per heavy atom. The van der Waals surface area contributed by atoms with Gasteiger partial charge in [0.25, 0.3) is 5.91 Å². The van der Waals surface area contributed by atoms with Crippen molar-refractivity contribution in [3.8, 4) is 0 Å². The molecule has 0 aliphatic carbocycles. The fourth-order valence-corrected chi connectivity index (χ4v) is 2.28. The third kappa shape index (κ3) is 2.47. The lowest BCUT2D eigenvalue weighted by Crippen LogP contribution is -2.43. The van der Waals surface area contributed by atoms with Crippen LogP contribution in [-0.4, -0.2) is 28.0 Å². The van der Waals surface area contributed by atoms with Crippen LogP contribution < -0.4 is 5.48 Å². The van der Waals surface area contributed by atoms with E-state index >= 15 is 0 Å². The summed E-state index contributed by atoms with van der Waals surface area (Å²) < 4.78 is 0. The third-order valence-corrected chi connectivity index (χ3v) is 3.41. The second-order valence-electron chi connectivity index (χ2n) is 4.14. The van der Waals surface area contributed by atoms with Crippen LogP contribution in [0.5, 0.6) is 0 Å². The molecule has 0 spiro atoms. The molecule has 0 unspecified atom stereocenters. The maximum atomic E-state index is 11.7. The lowest BCUT2D eigenvalue weighted by molar-refractivity contribution is -0.140. The number of hydrogen-bond donors (Lipinski definition) is 2. The van der Waals surface area contributed by atoms with Crippen molar-refractivity contribution in [2.45, 2.75) is 25.4 Å². The van der Waals surface area contributed by atoms with Crippen LogP contribution in [0.3, 0.4) is 0 Å². The first-order valence-corrected chi connectivity index (χ1v) is 5.98. The first-order chi connectivity index (χ1) is 8.63. The fraction of sp³-hybridized carbons (Fsp3) is 0.333. The van der Waals surface area contributed by atoms with Gasteiger partial charge in [0.05, 0.1) is 0 Å². The van der Waals surface area contributed by atoms with Crippen molar-refractivity contribution >= 4 is 23.4 Å². The molecule has 1 saturated heterocycles. The van der Waals surface area contributed by atoms with Gasteiger partial charge in [-0.15, -0.1) is 0 Å². The van der Waals surface area contributed by atoms with Crippen molar-refractivity contribution in [1.82, 2.24) is 10.4 Å². The molecule has 1 fully saturated rings. The molecule has 5 nitrogen and oxygen atoms in total. The Morgan fingerprint density at radius 2 is 2.22 bits per heavy atom. The van der Waals surface area contributed by atoms with E-state index in [9.17, 15) is 9.59 Å². The van der Waals surface area contributed by atoms with Gasteiger partial charge in [-0.25, -0.2) is 5.48 Å². The molecule has 1 atom stereocenters. The second kappa shape index (κ2) is 5.37. The molecule has 1 aliphatic rings. The number of carbonyl (C=O) groups is 2. The van der Waals surface area contributed by atoms with Crippen molar-refractivity contribution in [2.24, 2.45) is 0 Å². The predicted molar refractivity (Wildman–Crippen MR) is 65.0 cm³/mol. The summed E-state index contributed by atoms with van der Waals surface area (Å²) in [6.45, 7) is 0.274. The number of hydroxylamine groups is 1. The van der Waals surface area contributed by atoms with Gasteiger partial charge >= 0.3 is 0 Å². The minimum absolute atomic E-state index is 0.108. The van der Waals surface area contributed by atoms with Gasteiger partial charge in [0, 0.05) is 18.0 Å². The van der Waals surface area contributed by atoms with Crippen LogP contribution in [0.4, 0.5) is 0 Å². The first-order valence-electron chi connectivity index (χ1n) is 5.60. The molecular weight excluding hydrogens is 256 g/mol. The molecule has 1 aromatic carbocycles. The SMILES string of the molecule is O=C(NO)[C@H]1CCC(=O)N1Cc1ccccc1Cl. The van der Waals surface area contributed by atoms with Crippen LogP contribution in [0, 0.1) is 0 Å². The van der Waals surface area contributed by atoms with E-state index in [-0.39, 0.29) is 12.5 Å². The Bertz CT molecular complexity index is 478. The predicted octanol–water partition coefficient (Wildman–Crippen LogP) is 1.34. The Labute approximate surface area is 109 Å². The zero-order valence-electron chi connectivity index (χ0n) is 9.60. The monoisotopic (exact) mass is 268 g/mol. The van der Waals surface area contributed by atoms with Crippen molar-refractivity contribution in [2.75, 3.05) is 0 Å². The van der Waals surface area contributed by atoms with Gasteiger partial charge < -0.3 is 4.90 Å². The number of nitrogens with one attached hydrogen (secondary N) is 1. The molecule has 6 heteroatoms. The van der Waals surface area contributed by atoms with E-state index in [4.69, 9.17) is 16.8 Å². The van der Waals surface area contributed by atoms with Crippen molar-refractivity contribution in [3.63, 3.8) is 0 Å². The molecule has 0 radical (unpaired) electrons. The standard InChI is InChI=1S/C12H13ClN2O3/c13-9-4-2-1-3-8(9)7-15-10(12(17)14-18)5-6-11(15)16/h1-4,10,18H,5-7H2,(H,14,17)/t10-/m1/s1. The number of likely N-dealkylation sites (tertiary alicyclic amines) is 1. The Kier molecular flexibility index (Phi) is 3.84. The highest BCUT2D eigenvalue weighted by Crippen LogP contribution is 2.24. The maximum absolute atomic E-state index is 11.7. The summed E-state index contributed by atoms with van der Waals surface area (Å²) in [5.41, 5.74) is 2.37. The van der Waals surface area contributed by atoms with E-state index < -0.39 is 11.9 Å². The lowest BCUT2D eigenvalue weighted by atomic mass is 10.1. The molecule has 18 heavy (non-hydrogen) atoms. The number of nitrogens with zero attached hydrogens (tertiary/aromatic N) is 1. The summed E-state index contributed by atoms with van der Waals surface area (Å²) in [4.78, 5) is 24.6. The normalized spacial score (nSPS) is 19.1. The molecular formula is C12H13ClN2O3. The molecule has 1 heterocycles. The van der Waals surface area contributed by atoms with Crippen molar-refractivity contribution in [3.05, 3.63) is 34.9 Å². The van der Waals surface area contributed by atoms with Gasteiger partial charge in [0.15, 0.2) is 0 Å². The van der Waals surface area contributed by atoms with E-state index in [0.29, 0.717) is 17.9 Å². The topological polar surface area (TPSA) is 69.6 Å². The average molecular weight is 269 g/mol. The second-order valence-corrected chi connectivity index (χ2v) is 4.55. The molecule has 0 saturated carbocycles. The average Bonchev–Trinajstić information content (AvgIpc) is 2.73. The van der Waals surface area contributed by atoms with Gasteiger partial charge in [0.1, 0.15) is 6.04 Å². The lowest BCUT2D eigenvalue weighted by Gasteiger charge is -2.23. The third-order valence-electron chi connectivity index (χ3n) is 3.04. The van der Waals surface area contributed by atoms with Gasteiger partial charge in [-0.1, -0.05) is 29.8 Å². The van der Waals surface area contributed by atoms with E-state index in [1.807, 2.05) is 12.1 Å². The van der Waals surface area contributed by atoms with E-state index in [1.54, 1.807) is 17.6 Å². The number of halogens is 1. The molecule has 0 aromatic heterocycles. The van der Waals surface area contributed by atoms with Crippen LogP contribution in [-0.2, 0) is 16.1 Å². The Hall–Kier alpha value is -1.59. The molecule has 0 bridgehead atoms. The fourth-order valence-electron chi connectivity index (χ4n) is 2.09. The van der Waals surface area contributed by atoms with E-state index in [0.717, 1.165) is 5.56 Å². The van der Waals surface area contributed by atoms with Gasteiger partial charge in [-0.3, -0.25) is 14.8 Å². The van der Waals surface area contributed by atoms with Gasteiger partial charge in [-0.2, -0.15) is 0 Å². The minimum Gasteiger partial charge on any atom is -0.326 e. The summed E-state index contributed by atoms with van der Waals surface area (Å²) in [6.07, 6.45) is 0.720. The van der Waals surface area contributed by atoms with Gasteiger partial charge in [-0.05, 0) is 18.1 Å². The Morgan fingerprint density at radius 1 is 1.50 bits per heavy atom. The van der Waals surface area contributed by atoms with E-state index in [1.165, 1.54) is 4.90 Å².